The molecule has 0 unspecified atom stereocenters. The summed E-state index contributed by atoms with van der Waals surface area (Å²) in [5.74, 6) is -0.166. The number of H-pyrrole nitrogens is 1. The quantitative estimate of drug-likeness (QED) is 0.295. The van der Waals surface area contributed by atoms with Crippen molar-refractivity contribution in [3.63, 3.8) is 0 Å². The van der Waals surface area contributed by atoms with Gasteiger partial charge in [-0.2, -0.15) is 5.10 Å². The summed E-state index contributed by atoms with van der Waals surface area (Å²) in [4.78, 5) is 19.6. The Labute approximate surface area is 184 Å². The number of methoxy groups -OCH3 is 1. The van der Waals surface area contributed by atoms with E-state index in [0.717, 1.165) is 10.9 Å². The summed E-state index contributed by atoms with van der Waals surface area (Å²) >= 11 is 0. The maximum Gasteiger partial charge on any atom is 0.271 e. The van der Waals surface area contributed by atoms with Gasteiger partial charge in [0.05, 0.1) is 23.9 Å². The second kappa shape index (κ2) is 8.90. The number of hydrogen-bond acceptors (Lipinski definition) is 6. The summed E-state index contributed by atoms with van der Waals surface area (Å²) in [6.45, 7) is 0. The van der Waals surface area contributed by atoms with Crippen LogP contribution in [0, 0.1) is 0 Å². The van der Waals surface area contributed by atoms with Gasteiger partial charge in [0.15, 0.2) is 0 Å². The molecule has 0 aliphatic heterocycles. The van der Waals surface area contributed by atoms with Crippen LogP contribution in [0.1, 0.15) is 15.9 Å². The monoisotopic (exact) mass is 449 g/mol. The van der Waals surface area contributed by atoms with E-state index in [1.807, 2.05) is 6.07 Å². The van der Waals surface area contributed by atoms with Crippen LogP contribution in [0.4, 0.5) is 5.69 Å². The average molecular weight is 449 g/mol. The van der Waals surface area contributed by atoms with E-state index in [4.69, 9.17) is 4.74 Å². The number of fused-ring (bicyclic) bond motifs is 1. The number of rotatable bonds is 7. The first-order chi connectivity index (χ1) is 15.5. The number of hydrazone groups is 1. The molecule has 0 fully saturated rings. The zero-order chi connectivity index (χ0) is 22.6. The largest absolute Gasteiger partial charge is 0.495 e. The number of carbonyl (C=O) groups is 1. The van der Waals surface area contributed by atoms with Gasteiger partial charge in [0.1, 0.15) is 11.4 Å². The van der Waals surface area contributed by atoms with E-state index in [9.17, 15) is 13.2 Å². The molecule has 0 aliphatic rings. The molecule has 162 valence electrons. The number of nitrogens with zero attached hydrogens (tertiary/aromatic N) is 2. The van der Waals surface area contributed by atoms with Crippen LogP contribution in [0.15, 0.2) is 83.1 Å². The molecule has 2 aromatic carbocycles. The third-order valence-electron chi connectivity index (χ3n) is 4.61. The van der Waals surface area contributed by atoms with Crippen LogP contribution < -0.4 is 14.9 Å². The Morgan fingerprint density at radius 2 is 1.97 bits per heavy atom. The van der Waals surface area contributed by atoms with E-state index >= 15 is 0 Å². The van der Waals surface area contributed by atoms with Crippen molar-refractivity contribution in [1.82, 2.24) is 15.4 Å². The van der Waals surface area contributed by atoms with E-state index in [1.165, 1.54) is 37.6 Å². The van der Waals surface area contributed by atoms with Crippen LogP contribution in [0.25, 0.3) is 11.0 Å². The molecule has 0 saturated carbocycles. The molecule has 9 nitrogen and oxygen atoms in total. The summed E-state index contributed by atoms with van der Waals surface area (Å²) in [6, 6.07) is 16.0. The molecule has 2 aromatic heterocycles. The molecule has 10 heteroatoms. The lowest BCUT2D eigenvalue weighted by atomic mass is 10.2. The number of amides is 1. The smallest absolute Gasteiger partial charge is 0.271 e. The van der Waals surface area contributed by atoms with Gasteiger partial charge >= 0.3 is 0 Å². The highest BCUT2D eigenvalue weighted by molar-refractivity contribution is 7.92. The Morgan fingerprint density at radius 1 is 1.12 bits per heavy atom. The highest BCUT2D eigenvalue weighted by atomic mass is 32.2. The van der Waals surface area contributed by atoms with Gasteiger partial charge in [-0.25, -0.2) is 18.8 Å². The van der Waals surface area contributed by atoms with Crippen LogP contribution in [-0.4, -0.2) is 37.6 Å². The van der Waals surface area contributed by atoms with Crippen molar-refractivity contribution in [2.45, 2.75) is 4.90 Å². The summed E-state index contributed by atoms with van der Waals surface area (Å²) in [5.41, 5.74) is 4.31. The molecule has 0 radical (unpaired) electrons. The molecule has 0 bridgehead atoms. The van der Waals surface area contributed by atoms with Crippen LogP contribution in [-0.2, 0) is 10.0 Å². The first kappa shape index (κ1) is 21.1. The van der Waals surface area contributed by atoms with Crippen molar-refractivity contribution in [3.05, 3.63) is 84.2 Å². The van der Waals surface area contributed by atoms with E-state index < -0.39 is 15.9 Å². The lowest BCUT2D eigenvalue weighted by Gasteiger charge is -2.12. The van der Waals surface area contributed by atoms with Gasteiger partial charge in [-0.15, -0.1) is 0 Å². The molecule has 2 heterocycles. The summed E-state index contributed by atoms with van der Waals surface area (Å²) in [5, 5.41) is 4.83. The fraction of sp³-hybridized carbons (Fsp3) is 0.0455. The minimum absolute atomic E-state index is 0.0669. The van der Waals surface area contributed by atoms with Gasteiger partial charge in [-0.1, -0.05) is 18.2 Å². The first-order valence-electron chi connectivity index (χ1n) is 9.49. The van der Waals surface area contributed by atoms with Crippen LogP contribution >= 0.6 is 0 Å². The molecule has 0 spiro atoms. The summed E-state index contributed by atoms with van der Waals surface area (Å²) in [7, 11) is -2.49. The van der Waals surface area contributed by atoms with E-state index in [0.29, 0.717) is 17.1 Å². The van der Waals surface area contributed by atoms with Crippen molar-refractivity contribution in [2.75, 3.05) is 11.8 Å². The molecule has 4 aromatic rings. The standard InChI is InChI=1S/C22H19N5O4S/c1-31-20-10-3-2-9-19(20)27-32(29,30)17-7-4-6-15(12-17)22(28)26-25-14-16-13-24-21-18(16)8-5-11-23-21/h2-14,27H,1H3,(H,23,24)(H,26,28)/b25-14+. The van der Waals surface area contributed by atoms with Gasteiger partial charge in [0, 0.05) is 28.9 Å². The Morgan fingerprint density at radius 3 is 2.81 bits per heavy atom. The Balaban J connectivity index is 1.50. The highest BCUT2D eigenvalue weighted by Gasteiger charge is 2.18. The topological polar surface area (TPSA) is 126 Å². The number of para-hydroxylation sites is 2. The Hall–Kier alpha value is -4.18. The van der Waals surface area contributed by atoms with E-state index in [-0.39, 0.29) is 10.5 Å². The van der Waals surface area contributed by atoms with Crippen molar-refractivity contribution in [2.24, 2.45) is 5.10 Å². The minimum atomic E-state index is -3.94. The molecule has 0 saturated heterocycles. The molecule has 0 aliphatic carbocycles. The Bertz CT molecular complexity index is 1410. The van der Waals surface area contributed by atoms with Crippen LogP contribution in [0.5, 0.6) is 5.75 Å². The number of nitrogens with one attached hydrogen (secondary N) is 3. The number of carbonyl (C=O) groups excluding carboxylic acids is 1. The fourth-order valence-corrected chi connectivity index (χ4v) is 4.16. The number of sulfonamides is 1. The fourth-order valence-electron chi connectivity index (χ4n) is 3.05. The number of ether oxygens (including phenoxy) is 1. The van der Waals surface area contributed by atoms with Gasteiger partial charge in [-0.3, -0.25) is 9.52 Å². The van der Waals surface area contributed by atoms with Gasteiger partial charge in [-0.05, 0) is 42.5 Å². The normalized spacial score (nSPS) is 11.5. The van der Waals surface area contributed by atoms with E-state index in [1.54, 1.807) is 42.7 Å². The second-order valence-corrected chi connectivity index (χ2v) is 8.36. The molecule has 3 N–H and O–H groups in total. The molecule has 4 rings (SSSR count). The molecule has 0 atom stereocenters. The van der Waals surface area contributed by atoms with Crippen molar-refractivity contribution < 1.29 is 17.9 Å². The Kier molecular flexibility index (Phi) is 5.86. The molecular weight excluding hydrogens is 430 g/mol. The number of anilines is 1. The highest BCUT2D eigenvalue weighted by Crippen LogP contribution is 2.26. The molecule has 1 amide bonds. The molecule has 32 heavy (non-hydrogen) atoms. The van der Waals surface area contributed by atoms with Crippen molar-refractivity contribution >= 4 is 38.9 Å². The van der Waals surface area contributed by atoms with Crippen molar-refractivity contribution in [1.29, 1.82) is 0 Å². The van der Waals surface area contributed by atoms with Crippen molar-refractivity contribution in [3.8, 4) is 5.75 Å². The predicted octanol–water partition coefficient (Wildman–Crippen LogP) is 3.14. The third kappa shape index (κ3) is 4.44. The average Bonchev–Trinajstić information content (AvgIpc) is 3.22. The SMILES string of the molecule is COc1ccccc1NS(=O)(=O)c1cccc(C(=O)N/N=C/c2c[nH]c3ncccc23)c1. The second-order valence-electron chi connectivity index (χ2n) is 6.68. The lowest BCUT2D eigenvalue weighted by Crippen LogP contribution is -2.19. The third-order valence-corrected chi connectivity index (χ3v) is 5.97. The molecular formula is C22H19N5O4S. The number of aromatic nitrogens is 2. The van der Waals surface area contributed by atoms with Gasteiger partial charge in [0.25, 0.3) is 15.9 Å². The zero-order valence-electron chi connectivity index (χ0n) is 16.9. The van der Waals surface area contributed by atoms with Crippen LogP contribution in [0.3, 0.4) is 0 Å². The lowest BCUT2D eigenvalue weighted by molar-refractivity contribution is 0.0955. The zero-order valence-corrected chi connectivity index (χ0v) is 17.8. The minimum Gasteiger partial charge on any atom is -0.495 e. The van der Waals surface area contributed by atoms with E-state index in [2.05, 4.69) is 25.2 Å². The number of hydrogen-bond donors (Lipinski definition) is 3. The summed E-state index contributed by atoms with van der Waals surface area (Å²) in [6.07, 6.45) is 4.89. The van der Waals surface area contributed by atoms with Gasteiger partial charge < -0.3 is 9.72 Å². The number of pyridine rings is 1. The maximum absolute atomic E-state index is 12.8. The summed E-state index contributed by atoms with van der Waals surface area (Å²) < 4.78 is 33.3. The maximum atomic E-state index is 12.8. The van der Waals surface area contributed by atoms with Crippen LogP contribution in [0.2, 0.25) is 0 Å². The number of aromatic amines is 1. The number of benzene rings is 2. The predicted molar refractivity (Wildman–Crippen MR) is 121 cm³/mol. The van der Waals surface area contributed by atoms with Gasteiger partial charge in [0.2, 0.25) is 0 Å². The first-order valence-corrected chi connectivity index (χ1v) is 11.0.